The highest BCUT2D eigenvalue weighted by molar-refractivity contribution is 7.89. The van der Waals surface area contributed by atoms with Crippen LogP contribution in [0.15, 0.2) is 71.6 Å². The molecule has 0 bridgehead atoms. The quantitative estimate of drug-likeness (QED) is 0.624. The highest BCUT2D eigenvalue weighted by atomic mass is 35.5. The molecule has 0 aliphatic carbocycles. The molecule has 1 unspecified atom stereocenters. The van der Waals surface area contributed by atoms with Crippen LogP contribution in [0.4, 0.5) is 10.1 Å². The highest BCUT2D eigenvalue weighted by Gasteiger charge is 2.39. The molecule has 1 aliphatic heterocycles. The summed E-state index contributed by atoms with van der Waals surface area (Å²) in [5, 5.41) is 2.72. The van der Waals surface area contributed by atoms with Crippen LogP contribution in [0.5, 0.6) is 0 Å². The molecule has 5 nitrogen and oxygen atoms in total. The van der Waals surface area contributed by atoms with Crippen molar-refractivity contribution >= 4 is 33.2 Å². The first-order valence-electron chi connectivity index (χ1n) is 9.67. The lowest BCUT2D eigenvalue weighted by atomic mass is 9.95. The topological polar surface area (TPSA) is 66.5 Å². The molecule has 1 aliphatic rings. The van der Waals surface area contributed by atoms with Crippen LogP contribution in [-0.4, -0.2) is 24.7 Å². The van der Waals surface area contributed by atoms with Crippen LogP contribution in [0, 0.1) is 12.7 Å². The highest BCUT2D eigenvalue weighted by Crippen LogP contribution is 2.30. The molecule has 1 heterocycles. The van der Waals surface area contributed by atoms with E-state index in [-0.39, 0.29) is 28.6 Å². The molecule has 3 aromatic rings. The summed E-state index contributed by atoms with van der Waals surface area (Å²) in [6.45, 7) is 1.91. The number of aryl methyl sites for hydroxylation is 1. The van der Waals surface area contributed by atoms with Gasteiger partial charge in [-0.05, 0) is 54.8 Å². The Balaban J connectivity index is 1.72. The maximum Gasteiger partial charge on any atom is 0.244 e. The summed E-state index contributed by atoms with van der Waals surface area (Å²) in [4.78, 5) is 13.2. The zero-order valence-corrected chi connectivity index (χ0v) is 18.3. The first-order chi connectivity index (χ1) is 14.8. The minimum Gasteiger partial charge on any atom is -0.322 e. The van der Waals surface area contributed by atoms with Crippen molar-refractivity contribution in [1.82, 2.24) is 4.31 Å². The largest absolute Gasteiger partial charge is 0.322 e. The normalized spacial score (nSPS) is 16.5. The third kappa shape index (κ3) is 4.35. The van der Waals surface area contributed by atoms with Gasteiger partial charge in [0.25, 0.3) is 0 Å². The monoisotopic (exact) mass is 458 g/mol. The molecular formula is C23H20ClFN2O3S. The summed E-state index contributed by atoms with van der Waals surface area (Å²) in [6.07, 6.45) is 0.183. The molecule has 31 heavy (non-hydrogen) atoms. The van der Waals surface area contributed by atoms with E-state index in [1.54, 1.807) is 12.1 Å². The molecule has 1 amide bonds. The van der Waals surface area contributed by atoms with Gasteiger partial charge in [0, 0.05) is 11.6 Å². The van der Waals surface area contributed by atoms with Crippen LogP contribution in [-0.2, 0) is 27.8 Å². The number of carbonyl (C=O) groups is 1. The number of amides is 1. The molecule has 1 atom stereocenters. The number of hydrogen-bond donors (Lipinski definition) is 1. The van der Waals surface area contributed by atoms with Gasteiger partial charge in [0.15, 0.2) is 0 Å². The summed E-state index contributed by atoms with van der Waals surface area (Å²) in [5.41, 5.74) is 2.59. The van der Waals surface area contributed by atoms with Gasteiger partial charge < -0.3 is 5.32 Å². The van der Waals surface area contributed by atoms with Crippen molar-refractivity contribution in [1.29, 1.82) is 0 Å². The summed E-state index contributed by atoms with van der Waals surface area (Å²) in [6, 6.07) is 16.7. The van der Waals surface area contributed by atoms with E-state index in [1.165, 1.54) is 28.6 Å². The van der Waals surface area contributed by atoms with Gasteiger partial charge in [-0.15, -0.1) is 0 Å². The molecule has 0 aromatic heterocycles. The van der Waals surface area contributed by atoms with E-state index in [0.717, 1.165) is 22.8 Å². The standard InChI is InChI=1S/C23H20ClFN2O3S/c1-15-6-9-19(10-7-15)31(29,30)27-14-17-5-3-2-4-16(17)12-22(27)23(28)26-21-11-8-18(24)13-20(21)25/h2-11,13,22H,12,14H2,1H3,(H,26,28). The van der Waals surface area contributed by atoms with E-state index in [9.17, 15) is 17.6 Å². The molecule has 8 heteroatoms. The minimum atomic E-state index is -3.97. The van der Waals surface area contributed by atoms with E-state index in [2.05, 4.69) is 5.32 Å². The van der Waals surface area contributed by atoms with Crippen molar-refractivity contribution in [2.45, 2.75) is 30.8 Å². The van der Waals surface area contributed by atoms with E-state index in [0.29, 0.717) is 0 Å². The molecule has 0 radical (unpaired) electrons. The molecular weight excluding hydrogens is 439 g/mol. The van der Waals surface area contributed by atoms with Gasteiger partial charge in [-0.25, -0.2) is 12.8 Å². The minimum absolute atomic E-state index is 0.0492. The van der Waals surface area contributed by atoms with E-state index in [4.69, 9.17) is 11.6 Å². The lowest BCUT2D eigenvalue weighted by Gasteiger charge is -2.35. The predicted molar refractivity (Wildman–Crippen MR) is 118 cm³/mol. The molecule has 0 saturated heterocycles. The first kappa shape index (κ1) is 21.5. The fourth-order valence-corrected chi connectivity index (χ4v) is 5.35. The van der Waals surface area contributed by atoms with E-state index in [1.807, 2.05) is 31.2 Å². The fraction of sp³-hybridized carbons (Fsp3) is 0.174. The third-order valence-corrected chi connectivity index (χ3v) is 7.43. The van der Waals surface area contributed by atoms with Crippen molar-refractivity contribution in [3.8, 4) is 0 Å². The smallest absolute Gasteiger partial charge is 0.244 e. The third-order valence-electron chi connectivity index (χ3n) is 5.32. The number of rotatable bonds is 4. The lowest BCUT2D eigenvalue weighted by Crippen LogP contribution is -2.50. The second-order valence-electron chi connectivity index (χ2n) is 7.47. The van der Waals surface area contributed by atoms with Crippen molar-refractivity contribution in [3.05, 3.63) is 94.3 Å². The number of anilines is 1. The number of nitrogens with one attached hydrogen (secondary N) is 1. The number of hydrogen-bond acceptors (Lipinski definition) is 3. The Kier molecular flexibility index (Phi) is 5.83. The van der Waals surface area contributed by atoms with Gasteiger partial charge in [-0.1, -0.05) is 53.6 Å². The maximum absolute atomic E-state index is 14.2. The number of fused-ring (bicyclic) bond motifs is 1. The molecule has 4 rings (SSSR count). The van der Waals surface area contributed by atoms with Crippen LogP contribution < -0.4 is 5.32 Å². The van der Waals surface area contributed by atoms with E-state index >= 15 is 0 Å². The van der Waals surface area contributed by atoms with Gasteiger partial charge in [-0.3, -0.25) is 4.79 Å². The molecule has 3 aromatic carbocycles. The zero-order chi connectivity index (χ0) is 22.2. The zero-order valence-electron chi connectivity index (χ0n) is 16.7. The van der Waals surface area contributed by atoms with Crippen LogP contribution in [0.25, 0.3) is 0 Å². The van der Waals surface area contributed by atoms with Crippen molar-refractivity contribution in [2.75, 3.05) is 5.32 Å². The van der Waals surface area contributed by atoms with Crippen molar-refractivity contribution in [2.24, 2.45) is 0 Å². The van der Waals surface area contributed by atoms with Gasteiger partial charge in [-0.2, -0.15) is 4.31 Å². The van der Waals surface area contributed by atoms with Crippen LogP contribution >= 0.6 is 11.6 Å². The van der Waals surface area contributed by atoms with Crippen LogP contribution in [0.1, 0.15) is 16.7 Å². The Morgan fingerprint density at radius 3 is 2.42 bits per heavy atom. The number of sulfonamides is 1. The molecule has 0 fully saturated rings. The molecule has 160 valence electrons. The van der Waals surface area contributed by atoms with Gasteiger partial charge in [0.2, 0.25) is 15.9 Å². The second kappa shape index (κ2) is 8.42. The second-order valence-corrected chi connectivity index (χ2v) is 9.79. The Bertz CT molecular complexity index is 1250. The van der Waals surface area contributed by atoms with Crippen LogP contribution in [0.2, 0.25) is 5.02 Å². The Morgan fingerprint density at radius 2 is 1.74 bits per heavy atom. The SMILES string of the molecule is Cc1ccc(S(=O)(=O)N2Cc3ccccc3CC2C(=O)Nc2ccc(Cl)cc2F)cc1. The molecule has 0 spiro atoms. The lowest BCUT2D eigenvalue weighted by molar-refractivity contribution is -0.120. The Hall–Kier alpha value is -2.74. The van der Waals surface area contributed by atoms with Crippen LogP contribution in [0.3, 0.4) is 0 Å². The summed E-state index contributed by atoms with van der Waals surface area (Å²) >= 11 is 5.78. The summed E-state index contributed by atoms with van der Waals surface area (Å²) in [5.74, 6) is -1.29. The van der Waals surface area contributed by atoms with Gasteiger partial charge in [0.05, 0.1) is 10.6 Å². The molecule has 0 saturated carbocycles. The van der Waals surface area contributed by atoms with E-state index < -0.39 is 27.8 Å². The average molecular weight is 459 g/mol. The first-order valence-corrected chi connectivity index (χ1v) is 11.5. The maximum atomic E-state index is 14.2. The molecule has 1 N–H and O–H groups in total. The fourth-order valence-electron chi connectivity index (χ4n) is 3.63. The number of benzene rings is 3. The number of halogens is 2. The van der Waals surface area contributed by atoms with Crippen molar-refractivity contribution < 1.29 is 17.6 Å². The van der Waals surface area contributed by atoms with Gasteiger partial charge in [0.1, 0.15) is 11.9 Å². The predicted octanol–water partition coefficient (Wildman–Crippen LogP) is 4.54. The van der Waals surface area contributed by atoms with Crippen molar-refractivity contribution in [3.63, 3.8) is 0 Å². The summed E-state index contributed by atoms with van der Waals surface area (Å²) in [7, 11) is -3.97. The number of nitrogens with zero attached hydrogens (tertiary/aromatic N) is 1. The Morgan fingerprint density at radius 1 is 1.06 bits per heavy atom. The van der Waals surface area contributed by atoms with Gasteiger partial charge >= 0.3 is 0 Å². The summed E-state index contributed by atoms with van der Waals surface area (Å²) < 4.78 is 42.3. The Labute approximate surface area is 185 Å². The average Bonchev–Trinajstić information content (AvgIpc) is 2.75. The number of carbonyl (C=O) groups excluding carboxylic acids is 1.